The summed E-state index contributed by atoms with van der Waals surface area (Å²) >= 11 is 0. The second-order valence-corrected chi connectivity index (χ2v) is 34.6. The third-order valence-corrected chi connectivity index (χ3v) is 24.4. The van der Waals surface area contributed by atoms with Crippen LogP contribution in [0.25, 0.3) is 0 Å². The van der Waals surface area contributed by atoms with Gasteiger partial charge in [0.2, 0.25) is 0 Å². The first-order chi connectivity index (χ1) is 67.7. The summed E-state index contributed by atoms with van der Waals surface area (Å²) in [6, 6.07) is 118. The Labute approximate surface area is 802 Å². The lowest BCUT2D eigenvalue weighted by Gasteiger charge is -2.52. The van der Waals surface area contributed by atoms with Gasteiger partial charge in [-0.2, -0.15) is 0 Å². The van der Waals surface area contributed by atoms with Crippen LogP contribution in [0.3, 0.4) is 0 Å². The van der Waals surface area contributed by atoms with E-state index in [0.29, 0.717) is 19.3 Å². The van der Waals surface area contributed by atoms with Crippen molar-refractivity contribution in [1.29, 1.82) is 0 Å². The van der Waals surface area contributed by atoms with Crippen LogP contribution < -0.4 is 0 Å². The van der Waals surface area contributed by atoms with Crippen LogP contribution in [-0.2, 0) is 179 Å². The normalized spacial score (nSPS) is 25.0. The van der Waals surface area contributed by atoms with E-state index in [-0.39, 0.29) is 119 Å². The van der Waals surface area contributed by atoms with Gasteiger partial charge in [-0.3, -0.25) is 4.79 Å². The van der Waals surface area contributed by atoms with Gasteiger partial charge in [0.05, 0.1) is 106 Å². The minimum Gasteiger partial charge on any atom is -0.481 e. The lowest BCUT2D eigenvalue weighted by molar-refractivity contribution is -0.416. The molecule has 2 N–H and O–H groups in total. The Hall–Kier alpha value is -10.7. The van der Waals surface area contributed by atoms with Crippen molar-refractivity contribution in [2.45, 2.75) is 228 Å². The number of carboxylic acids is 1. The number of aliphatic hydroxyl groups is 1. The van der Waals surface area contributed by atoms with Gasteiger partial charge in [-0.05, 0) is 79.6 Å². The van der Waals surface area contributed by atoms with Crippen molar-refractivity contribution in [3.63, 3.8) is 0 Å². The lowest BCUT2D eigenvalue weighted by atomic mass is 9.94. The molecule has 0 amide bonds. The fourth-order valence-electron chi connectivity index (χ4n) is 17.4. The molecule has 0 unspecified atom stereocenters. The van der Waals surface area contributed by atoms with Crippen LogP contribution >= 0.6 is 0 Å². The summed E-state index contributed by atoms with van der Waals surface area (Å²) < 4.78 is 149. The van der Waals surface area contributed by atoms with Crippen molar-refractivity contribution in [2.24, 2.45) is 0 Å². The third-order valence-electron chi connectivity index (χ3n) is 24.4. The number of unbranched alkanes of at least 4 members (excludes halogenated alkanes) is 2. The van der Waals surface area contributed by atoms with Crippen molar-refractivity contribution in [3.05, 3.63) is 431 Å². The molecule has 4 saturated heterocycles. The molecule has 0 radical (unpaired) electrons. The molecule has 23 heteroatoms. The Morgan fingerprint density at radius 1 is 0.212 bits per heavy atom. The van der Waals surface area contributed by atoms with Crippen molar-refractivity contribution in [3.8, 4) is 0 Å². The SMILES string of the molecule is O=C(O)CCCCCO[C@H]1O[C@H](COCc2ccccc2)[C@@H](OCc2ccccc2)[C@H](OCc2ccccc2)[C@@H]1O[C@H]1O[C@H](COCc2ccccc2)[C@@H](OCc2ccccc2)[C@H](OCc2ccccc2)[C@@H]1O[C@H]1O[C@H](COCc2ccccc2)[C@@H](OCc2ccccc2)[C@H](OCc2ccccc2)[C@@H]1O[C@H]1O[C@H](COCc2ccccc2)[C@@H](OCc2ccccc2)[C@H](OCc2ccccc2)[C@@H]1O. The first-order valence-electron chi connectivity index (χ1n) is 47.5. The number of carboxylic acid groups (broad SMARTS) is 1. The molecule has 12 aromatic rings. The largest absolute Gasteiger partial charge is 0.481 e. The van der Waals surface area contributed by atoms with Gasteiger partial charge in [0.15, 0.2) is 25.2 Å². The minimum absolute atomic E-state index is 0.00457. The van der Waals surface area contributed by atoms with Crippen LogP contribution in [0.4, 0.5) is 0 Å². The van der Waals surface area contributed by atoms with E-state index < -0.39 is 129 Å². The summed E-state index contributed by atoms with van der Waals surface area (Å²) in [5.74, 6) is -0.903. The van der Waals surface area contributed by atoms with Crippen LogP contribution in [0, 0.1) is 0 Å². The Kier molecular flexibility index (Phi) is 39.1. The van der Waals surface area contributed by atoms with E-state index in [0.717, 1.165) is 66.8 Å². The highest BCUT2D eigenvalue weighted by Crippen LogP contribution is 2.42. The predicted molar refractivity (Wildman–Crippen MR) is 512 cm³/mol. The second kappa shape index (κ2) is 54.0. The highest BCUT2D eigenvalue weighted by molar-refractivity contribution is 5.66. The van der Waals surface area contributed by atoms with E-state index in [9.17, 15) is 15.0 Å². The fourth-order valence-corrected chi connectivity index (χ4v) is 17.4. The van der Waals surface area contributed by atoms with E-state index in [2.05, 4.69) is 0 Å². The molecule has 0 aliphatic carbocycles. The molecule has 16 rings (SSSR count). The second-order valence-electron chi connectivity index (χ2n) is 34.6. The molecular weight excluding hydrogens is 1740 g/mol. The number of hydrogen-bond donors (Lipinski definition) is 2. The topological polar surface area (TPSA) is 242 Å². The number of aliphatic carboxylic acids is 1. The number of hydrogen-bond acceptors (Lipinski definition) is 22. The van der Waals surface area contributed by atoms with Crippen LogP contribution in [0.2, 0.25) is 0 Å². The molecule has 4 fully saturated rings. The van der Waals surface area contributed by atoms with Gasteiger partial charge in [-0.1, -0.05) is 370 Å². The molecule has 23 nitrogen and oxygen atoms in total. The molecule has 0 spiro atoms. The highest BCUT2D eigenvalue weighted by Gasteiger charge is 2.60. The molecule has 20 atom stereocenters. The number of ether oxygens (including phenoxy) is 20. The molecule has 0 saturated carbocycles. The summed E-state index contributed by atoms with van der Waals surface area (Å²) in [6.45, 7) is 0.932. The van der Waals surface area contributed by atoms with Crippen LogP contribution in [0.5, 0.6) is 0 Å². The summed E-state index contributed by atoms with van der Waals surface area (Å²) in [5.41, 5.74) is 10.4. The average molecular weight is 1860 g/mol. The maximum absolute atomic E-state index is 13.9. The van der Waals surface area contributed by atoms with Crippen molar-refractivity contribution in [1.82, 2.24) is 0 Å². The molecule has 12 aromatic carbocycles. The average Bonchev–Trinajstić information content (AvgIpc) is 0.785. The standard InChI is InChI=1S/C114H124O23/c115-98(116)64-38-13-39-65-122-112-108(105(128-75-91-58-32-10-33-59-91)101(124-71-87-50-24-6-25-51-87)95(132-112)79-119-67-83-42-16-2-17-43-83)136-114-110(107(130-77-93-62-36-12-37-63-93)103(126-73-89-54-28-8-29-55-89)97(134-114)81-121-69-85-46-20-4-21-47-85)137-113-109(106(129-76-92-60-34-11-35-61-92)102(125-72-88-52-26-7-27-53-88)96(133-113)80-120-68-84-44-18-3-19-45-84)135-111-99(117)104(127-74-90-56-30-9-31-57-90)100(123-70-86-48-22-5-23-49-86)94(131-111)78-118-66-82-40-14-1-15-41-82/h1-12,14-37,40-63,94-97,99-114,117H,13,38-39,64-81H2,(H,115,116)/t94-,95-,96-,97-,99+,100-,101-,102-,103-,104-,105+,106+,107+,108+,109+,110+,111-,112+,113-,114-/m1/s1. The molecule has 0 aromatic heterocycles. The van der Waals surface area contributed by atoms with Gasteiger partial charge < -0.3 is 105 Å². The summed E-state index contributed by atoms with van der Waals surface area (Å²) in [4.78, 5) is 12.1. The van der Waals surface area contributed by atoms with Gasteiger partial charge in [0.1, 0.15) is 97.7 Å². The Morgan fingerprint density at radius 2 is 0.409 bits per heavy atom. The summed E-state index contributed by atoms with van der Waals surface area (Å²) in [7, 11) is 0. The summed E-state index contributed by atoms with van der Waals surface area (Å²) in [5, 5.41) is 23.8. The van der Waals surface area contributed by atoms with Gasteiger partial charge in [0, 0.05) is 13.0 Å². The Bertz CT molecular complexity index is 5300. The zero-order chi connectivity index (χ0) is 93.5. The fraction of sp³-hybridized carbons (Fsp3) is 0.360. The molecule has 4 aliphatic heterocycles. The predicted octanol–water partition coefficient (Wildman–Crippen LogP) is 18.6. The Morgan fingerprint density at radius 3 is 0.657 bits per heavy atom. The highest BCUT2D eigenvalue weighted by atomic mass is 16.8. The zero-order valence-corrected chi connectivity index (χ0v) is 77.0. The maximum Gasteiger partial charge on any atom is 0.303 e. The number of rotatable bonds is 53. The molecule has 718 valence electrons. The molecule has 4 aliphatic rings. The zero-order valence-electron chi connectivity index (χ0n) is 77.0. The van der Waals surface area contributed by atoms with Crippen LogP contribution in [0.1, 0.15) is 92.4 Å². The maximum atomic E-state index is 13.9. The van der Waals surface area contributed by atoms with Gasteiger partial charge in [0.25, 0.3) is 0 Å². The quantitative estimate of drug-likeness (QED) is 0.0337. The van der Waals surface area contributed by atoms with Gasteiger partial charge >= 0.3 is 5.97 Å². The lowest BCUT2D eigenvalue weighted by Crippen LogP contribution is -2.69. The van der Waals surface area contributed by atoms with Crippen LogP contribution in [0.15, 0.2) is 364 Å². The summed E-state index contributed by atoms with van der Waals surface area (Å²) in [6.07, 6.45) is -24.1. The minimum atomic E-state index is -1.68. The number of benzene rings is 12. The first kappa shape index (κ1) is 99.3. The van der Waals surface area contributed by atoms with Crippen molar-refractivity contribution >= 4 is 5.97 Å². The van der Waals surface area contributed by atoms with E-state index >= 15 is 0 Å². The third kappa shape index (κ3) is 30.4. The van der Waals surface area contributed by atoms with E-state index in [4.69, 9.17) is 94.7 Å². The molecule has 137 heavy (non-hydrogen) atoms. The van der Waals surface area contributed by atoms with Gasteiger partial charge in [-0.25, -0.2) is 0 Å². The molecule has 4 heterocycles. The van der Waals surface area contributed by atoms with Crippen molar-refractivity contribution in [2.75, 3.05) is 33.0 Å². The van der Waals surface area contributed by atoms with E-state index in [1.54, 1.807) is 0 Å². The van der Waals surface area contributed by atoms with E-state index in [1.165, 1.54) is 0 Å². The molecule has 0 bridgehead atoms. The van der Waals surface area contributed by atoms with Crippen LogP contribution in [-0.4, -0.2) is 172 Å². The first-order valence-corrected chi connectivity index (χ1v) is 47.5. The van der Waals surface area contributed by atoms with Gasteiger partial charge in [-0.15, -0.1) is 0 Å². The smallest absolute Gasteiger partial charge is 0.303 e. The number of carbonyl (C=O) groups is 1. The number of aliphatic hydroxyl groups excluding tert-OH is 1. The molecular formula is C114H124O23. The Balaban J connectivity index is 0.878. The monoisotopic (exact) mass is 1860 g/mol. The van der Waals surface area contributed by atoms with E-state index in [1.807, 2.05) is 364 Å². The van der Waals surface area contributed by atoms with Crippen molar-refractivity contribution < 1.29 is 110 Å².